The van der Waals surface area contributed by atoms with Crippen LogP contribution in [0.5, 0.6) is 11.5 Å². The Morgan fingerprint density at radius 1 is 0.970 bits per heavy atom. The minimum absolute atomic E-state index is 0.181. The lowest BCUT2D eigenvalue weighted by molar-refractivity contribution is -0.123. The van der Waals surface area contributed by atoms with Crippen LogP contribution in [0, 0.1) is 6.92 Å². The van der Waals surface area contributed by atoms with Crippen LogP contribution in [0.4, 0.5) is 4.79 Å². The predicted octanol–water partition coefficient (Wildman–Crippen LogP) is 5.46. The van der Waals surface area contributed by atoms with Crippen LogP contribution in [0.3, 0.4) is 0 Å². The number of hydrogen-bond acceptors (Lipinski definition) is 6. The fourth-order valence-electron chi connectivity index (χ4n) is 3.30. The minimum Gasteiger partial charge on any atom is -0.493 e. The molecule has 6 nitrogen and oxygen atoms in total. The van der Waals surface area contributed by atoms with Crippen LogP contribution in [0.1, 0.15) is 27.0 Å². The van der Waals surface area contributed by atoms with Gasteiger partial charge in [0.15, 0.2) is 11.5 Å². The zero-order chi connectivity index (χ0) is 23.4. The highest BCUT2D eigenvalue weighted by Crippen LogP contribution is 2.38. The molecule has 4 rings (SSSR count). The molecule has 1 fully saturated rings. The van der Waals surface area contributed by atoms with Crippen LogP contribution < -0.4 is 9.47 Å². The van der Waals surface area contributed by atoms with E-state index in [9.17, 15) is 14.4 Å². The molecule has 2 amide bonds. The first-order chi connectivity index (χ1) is 16.0. The molecular formula is C26H21NO5S. The quantitative estimate of drug-likeness (QED) is 0.277. The maximum Gasteiger partial charge on any atom is 0.343 e. The standard InChI is InChI=1S/C26H21NO5S/c1-17-11-13-19(14-12-17)25(29)32-23-20(9-6-10-21(23)31-2)15-22-24(28)27(26(30)33-22)16-18-7-4-3-5-8-18/h3-15H,16H2,1-2H3/b22-15-. The van der Waals surface area contributed by atoms with Crippen LogP contribution in [0.15, 0.2) is 77.7 Å². The highest BCUT2D eigenvalue weighted by Gasteiger charge is 2.35. The molecule has 7 heteroatoms. The van der Waals surface area contributed by atoms with Gasteiger partial charge in [-0.15, -0.1) is 0 Å². The number of aryl methyl sites for hydroxylation is 1. The summed E-state index contributed by atoms with van der Waals surface area (Å²) in [7, 11) is 1.47. The van der Waals surface area contributed by atoms with E-state index in [0.717, 1.165) is 22.9 Å². The molecule has 0 N–H and O–H groups in total. The Morgan fingerprint density at radius 2 is 1.70 bits per heavy atom. The first-order valence-corrected chi connectivity index (χ1v) is 11.0. The number of imide groups is 1. The van der Waals surface area contributed by atoms with E-state index < -0.39 is 11.9 Å². The van der Waals surface area contributed by atoms with Crippen molar-refractivity contribution in [2.24, 2.45) is 0 Å². The van der Waals surface area contributed by atoms with Gasteiger partial charge in [-0.1, -0.05) is 60.2 Å². The summed E-state index contributed by atoms with van der Waals surface area (Å²) >= 11 is 0.852. The second-order valence-corrected chi connectivity index (χ2v) is 8.38. The molecule has 0 saturated carbocycles. The summed E-state index contributed by atoms with van der Waals surface area (Å²) in [5.74, 6) is -0.424. The number of benzene rings is 3. The first kappa shape index (κ1) is 22.4. The molecule has 3 aromatic rings. The van der Waals surface area contributed by atoms with Gasteiger partial charge in [0.25, 0.3) is 11.1 Å². The van der Waals surface area contributed by atoms with Crippen molar-refractivity contribution in [2.75, 3.05) is 7.11 Å². The number of thioether (sulfide) groups is 1. The van der Waals surface area contributed by atoms with Gasteiger partial charge in [-0.25, -0.2) is 4.79 Å². The second kappa shape index (κ2) is 9.75. The molecular weight excluding hydrogens is 438 g/mol. The highest BCUT2D eigenvalue weighted by atomic mass is 32.2. The van der Waals surface area contributed by atoms with E-state index in [1.165, 1.54) is 12.0 Å². The molecule has 3 aromatic carbocycles. The van der Waals surface area contributed by atoms with Gasteiger partial charge >= 0.3 is 5.97 Å². The van der Waals surface area contributed by atoms with E-state index in [1.54, 1.807) is 36.4 Å². The predicted molar refractivity (Wildman–Crippen MR) is 127 cm³/mol. The Morgan fingerprint density at radius 3 is 2.39 bits per heavy atom. The summed E-state index contributed by atoms with van der Waals surface area (Å²) in [5.41, 5.74) is 2.73. The van der Waals surface area contributed by atoms with Crippen molar-refractivity contribution in [3.05, 3.63) is 100.0 Å². The van der Waals surface area contributed by atoms with E-state index in [-0.39, 0.29) is 22.4 Å². The smallest absolute Gasteiger partial charge is 0.343 e. The number of ether oxygens (including phenoxy) is 2. The number of nitrogens with zero attached hydrogens (tertiary/aromatic N) is 1. The van der Waals surface area contributed by atoms with E-state index in [2.05, 4.69) is 0 Å². The molecule has 1 aliphatic heterocycles. The first-order valence-electron chi connectivity index (χ1n) is 10.2. The lowest BCUT2D eigenvalue weighted by Crippen LogP contribution is -2.27. The van der Waals surface area contributed by atoms with Gasteiger partial charge in [-0.2, -0.15) is 0 Å². The zero-order valence-corrected chi connectivity index (χ0v) is 18.9. The molecule has 1 saturated heterocycles. The van der Waals surface area contributed by atoms with Crippen molar-refractivity contribution >= 4 is 35.0 Å². The topological polar surface area (TPSA) is 72.9 Å². The van der Waals surface area contributed by atoms with Gasteiger partial charge in [0, 0.05) is 5.56 Å². The van der Waals surface area contributed by atoms with Crippen LogP contribution in [0.2, 0.25) is 0 Å². The second-order valence-electron chi connectivity index (χ2n) is 7.39. The monoisotopic (exact) mass is 459 g/mol. The molecule has 0 aliphatic carbocycles. The van der Waals surface area contributed by atoms with Gasteiger partial charge in [-0.3, -0.25) is 14.5 Å². The number of hydrogen-bond donors (Lipinski definition) is 0. The number of amides is 2. The minimum atomic E-state index is -0.550. The number of carbonyl (C=O) groups excluding carboxylic acids is 3. The van der Waals surface area contributed by atoms with Crippen molar-refractivity contribution in [3.8, 4) is 11.5 Å². The third kappa shape index (κ3) is 4.99. The Labute approximate surface area is 195 Å². The Hall–Kier alpha value is -3.84. The lowest BCUT2D eigenvalue weighted by Gasteiger charge is -2.13. The Bertz CT molecular complexity index is 1240. The fraction of sp³-hybridized carbons (Fsp3) is 0.115. The third-order valence-electron chi connectivity index (χ3n) is 5.06. The van der Waals surface area contributed by atoms with E-state index in [4.69, 9.17) is 9.47 Å². The van der Waals surface area contributed by atoms with Crippen molar-refractivity contribution < 1.29 is 23.9 Å². The van der Waals surface area contributed by atoms with E-state index >= 15 is 0 Å². The van der Waals surface area contributed by atoms with Crippen molar-refractivity contribution in [1.82, 2.24) is 4.90 Å². The summed E-state index contributed by atoms with van der Waals surface area (Å²) in [6.45, 7) is 2.12. The van der Waals surface area contributed by atoms with Gasteiger partial charge in [0.2, 0.25) is 0 Å². The molecule has 0 spiro atoms. The van der Waals surface area contributed by atoms with Gasteiger partial charge in [0.1, 0.15) is 0 Å². The molecule has 0 radical (unpaired) electrons. The summed E-state index contributed by atoms with van der Waals surface area (Å²) in [6, 6.07) is 21.4. The number of carbonyl (C=O) groups is 3. The zero-order valence-electron chi connectivity index (χ0n) is 18.1. The summed E-state index contributed by atoms with van der Waals surface area (Å²) in [4.78, 5) is 39.6. The van der Waals surface area contributed by atoms with Crippen LogP contribution in [-0.2, 0) is 11.3 Å². The number of para-hydroxylation sites is 1. The highest BCUT2D eigenvalue weighted by molar-refractivity contribution is 8.18. The van der Waals surface area contributed by atoms with Gasteiger partial charge in [0.05, 0.1) is 24.1 Å². The van der Waals surface area contributed by atoms with Crippen LogP contribution in [-0.4, -0.2) is 29.1 Å². The van der Waals surface area contributed by atoms with Crippen LogP contribution in [0.25, 0.3) is 6.08 Å². The number of rotatable bonds is 6. The molecule has 0 aromatic heterocycles. The SMILES string of the molecule is COc1cccc(/C=C2\SC(=O)N(Cc3ccccc3)C2=O)c1OC(=O)c1ccc(C)cc1. The molecule has 166 valence electrons. The lowest BCUT2D eigenvalue weighted by atomic mass is 10.1. The number of methoxy groups -OCH3 is 1. The third-order valence-corrected chi connectivity index (χ3v) is 5.96. The average Bonchev–Trinajstić information content (AvgIpc) is 3.08. The molecule has 1 heterocycles. The van der Waals surface area contributed by atoms with Gasteiger partial charge < -0.3 is 9.47 Å². The van der Waals surface area contributed by atoms with Gasteiger partial charge in [-0.05, 0) is 48.5 Å². The largest absolute Gasteiger partial charge is 0.493 e. The average molecular weight is 460 g/mol. The summed E-state index contributed by atoms with van der Waals surface area (Å²) in [6.07, 6.45) is 1.55. The molecule has 1 aliphatic rings. The molecule has 0 bridgehead atoms. The Kier molecular flexibility index (Phi) is 6.60. The van der Waals surface area contributed by atoms with Crippen LogP contribution >= 0.6 is 11.8 Å². The summed E-state index contributed by atoms with van der Waals surface area (Å²) < 4.78 is 11.0. The Balaban J connectivity index is 1.62. The molecule has 0 atom stereocenters. The van der Waals surface area contributed by atoms with Crippen molar-refractivity contribution in [2.45, 2.75) is 13.5 Å². The molecule has 33 heavy (non-hydrogen) atoms. The summed E-state index contributed by atoms with van der Waals surface area (Å²) in [5, 5.41) is -0.351. The van der Waals surface area contributed by atoms with Crippen molar-refractivity contribution in [1.29, 1.82) is 0 Å². The molecule has 0 unspecified atom stereocenters. The van der Waals surface area contributed by atoms with E-state index in [0.29, 0.717) is 16.9 Å². The number of esters is 1. The maximum atomic E-state index is 12.9. The maximum absolute atomic E-state index is 12.9. The normalized spacial score (nSPS) is 14.6. The fourth-order valence-corrected chi connectivity index (χ4v) is 4.13. The van der Waals surface area contributed by atoms with E-state index in [1.807, 2.05) is 49.4 Å². The van der Waals surface area contributed by atoms with Crippen molar-refractivity contribution in [3.63, 3.8) is 0 Å².